The van der Waals surface area contributed by atoms with Gasteiger partial charge in [0.25, 0.3) is 27.7 Å². The molecule has 3 amide bonds. The lowest BCUT2D eigenvalue weighted by Crippen LogP contribution is -2.31. The average molecular weight is 539 g/mol. The van der Waals surface area contributed by atoms with Crippen LogP contribution in [0, 0.1) is 0 Å². The quantitative estimate of drug-likeness (QED) is 0.283. The van der Waals surface area contributed by atoms with Crippen LogP contribution in [0.1, 0.15) is 49.6 Å². The topological polar surface area (TPSA) is 144 Å². The van der Waals surface area contributed by atoms with Crippen molar-refractivity contribution in [2.24, 2.45) is 0 Å². The molecule has 0 radical (unpaired) electrons. The van der Waals surface area contributed by atoms with E-state index in [0.717, 1.165) is 25.5 Å². The first-order chi connectivity index (χ1) is 18.3. The number of hydrogen-bond acceptors (Lipinski definition) is 7. The van der Waals surface area contributed by atoms with Crippen molar-refractivity contribution in [2.45, 2.75) is 24.2 Å². The number of hydrogen-bond donors (Lipinski definition) is 3. The number of pyridine rings is 1. The first-order valence-electron chi connectivity index (χ1n) is 12.0. The highest BCUT2D eigenvalue weighted by Gasteiger charge is 2.20. The van der Waals surface area contributed by atoms with Crippen LogP contribution >= 0.6 is 0 Å². The number of amides is 3. The van der Waals surface area contributed by atoms with Crippen molar-refractivity contribution < 1.29 is 27.5 Å². The Balaban J connectivity index is 1.49. The van der Waals surface area contributed by atoms with E-state index in [1.165, 1.54) is 49.1 Å². The van der Waals surface area contributed by atoms with Crippen molar-refractivity contribution in [2.75, 3.05) is 26.8 Å². The zero-order chi connectivity index (χ0) is 27.4. The summed E-state index contributed by atoms with van der Waals surface area (Å²) in [6.07, 6.45) is 3.79. The van der Waals surface area contributed by atoms with Crippen molar-refractivity contribution in [1.29, 1.82) is 0 Å². The lowest BCUT2D eigenvalue weighted by Gasteiger charge is -2.09. The largest absolute Gasteiger partial charge is 0.383 e. The molecule has 11 heteroatoms. The number of unbranched alkanes of at least 4 members (excludes halogenated alkanes) is 1. The van der Waals surface area contributed by atoms with E-state index in [0.29, 0.717) is 25.3 Å². The molecule has 2 aromatic carbocycles. The van der Waals surface area contributed by atoms with Gasteiger partial charge in [0.2, 0.25) is 0 Å². The van der Waals surface area contributed by atoms with Crippen LogP contribution in [0.4, 0.5) is 0 Å². The monoisotopic (exact) mass is 538 g/mol. The van der Waals surface area contributed by atoms with Gasteiger partial charge in [-0.05, 0) is 61.2 Å². The van der Waals surface area contributed by atoms with Crippen LogP contribution in [0.2, 0.25) is 0 Å². The standard InChI is InChI=1S/C27H30N4O6S/c1-37-18-17-29-27(34)24-15-12-22(19-30-24)26(33)31-38(35,36)23-13-10-21(11-14-23)25(32)28-16-6-5-9-20-7-3-2-4-8-20/h2-4,7-8,10-15,19H,5-6,9,16-18H2,1H3,(H,28,32)(H,29,34)(H,31,33). The number of nitrogens with zero attached hydrogens (tertiary/aromatic N) is 1. The summed E-state index contributed by atoms with van der Waals surface area (Å²) in [5, 5.41) is 5.42. The molecule has 0 aliphatic rings. The van der Waals surface area contributed by atoms with Gasteiger partial charge in [-0.2, -0.15) is 0 Å². The van der Waals surface area contributed by atoms with Crippen molar-refractivity contribution in [3.8, 4) is 0 Å². The number of sulfonamides is 1. The average Bonchev–Trinajstić information content (AvgIpc) is 2.93. The Morgan fingerprint density at radius 1 is 0.789 bits per heavy atom. The molecule has 0 unspecified atom stereocenters. The molecule has 1 heterocycles. The van der Waals surface area contributed by atoms with Gasteiger partial charge in [-0.15, -0.1) is 0 Å². The van der Waals surface area contributed by atoms with E-state index < -0.39 is 21.8 Å². The van der Waals surface area contributed by atoms with Crippen LogP contribution < -0.4 is 15.4 Å². The van der Waals surface area contributed by atoms with E-state index in [1.54, 1.807) is 0 Å². The van der Waals surface area contributed by atoms with E-state index >= 15 is 0 Å². The number of methoxy groups -OCH3 is 1. The van der Waals surface area contributed by atoms with Gasteiger partial charge in [-0.25, -0.2) is 13.1 Å². The van der Waals surface area contributed by atoms with Crippen molar-refractivity contribution in [1.82, 2.24) is 20.3 Å². The van der Waals surface area contributed by atoms with Gasteiger partial charge in [0, 0.05) is 32.0 Å². The van der Waals surface area contributed by atoms with Gasteiger partial charge < -0.3 is 15.4 Å². The summed E-state index contributed by atoms with van der Waals surface area (Å²) in [6, 6.07) is 18.0. The molecule has 0 atom stereocenters. The molecule has 0 aliphatic heterocycles. The Kier molecular flexibility index (Phi) is 10.5. The Morgan fingerprint density at radius 2 is 1.47 bits per heavy atom. The Hall–Kier alpha value is -4.09. The fraction of sp³-hybridized carbons (Fsp3) is 0.259. The highest BCUT2D eigenvalue weighted by molar-refractivity contribution is 7.90. The molecule has 3 N–H and O–H groups in total. The molecule has 3 rings (SSSR count). The van der Waals surface area contributed by atoms with Crippen LogP contribution in [-0.2, 0) is 21.2 Å². The molecule has 0 saturated heterocycles. The highest BCUT2D eigenvalue weighted by atomic mass is 32.2. The molecule has 200 valence electrons. The molecule has 0 spiro atoms. The first kappa shape index (κ1) is 28.5. The summed E-state index contributed by atoms with van der Waals surface area (Å²) in [4.78, 5) is 40.5. The molecule has 1 aromatic heterocycles. The number of ether oxygens (including phenoxy) is 1. The number of carbonyl (C=O) groups excluding carboxylic acids is 3. The third-order valence-electron chi connectivity index (χ3n) is 5.52. The van der Waals surface area contributed by atoms with Crippen LogP contribution in [0.25, 0.3) is 0 Å². The minimum absolute atomic E-state index is 0.0368. The van der Waals surface area contributed by atoms with Gasteiger partial charge in [0.1, 0.15) is 5.69 Å². The van der Waals surface area contributed by atoms with Crippen LogP contribution in [-0.4, -0.2) is 57.9 Å². The normalized spacial score (nSPS) is 11.0. The Bertz CT molecular complexity index is 1330. The SMILES string of the molecule is COCCNC(=O)c1ccc(C(=O)NS(=O)(=O)c2ccc(C(=O)NCCCCc3ccccc3)cc2)cn1. The number of carbonyl (C=O) groups is 3. The van der Waals surface area contributed by atoms with Gasteiger partial charge in [-0.1, -0.05) is 30.3 Å². The van der Waals surface area contributed by atoms with Gasteiger partial charge >= 0.3 is 0 Å². The molecule has 0 aliphatic carbocycles. The number of aryl methyl sites for hydroxylation is 1. The van der Waals surface area contributed by atoms with E-state index in [9.17, 15) is 22.8 Å². The molecule has 0 bridgehead atoms. The summed E-state index contributed by atoms with van der Waals surface area (Å²) in [6.45, 7) is 1.14. The Labute approximate surface area is 221 Å². The van der Waals surface area contributed by atoms with Crippen LogP contribution in [0.3, 0.4) is 0 Å². The van der Waals surface area contributed by atoms with Crippen molar-refractivity contribution in [3.05, 3.63) is 95.3 Å². The maximum Gasteiger partial charge on any atom is 0.269 e. The zero-order valence-corrected chi connectivity index (χ0v) is 21.8. The predicted molar refractivity (Wildman–Crippen MR) is 141 cm³/mol. The second kappa shape index (κ2) is 14.0. The highest BCUT2D eigenvalue weighted by Crippen LogP contribution is 2.12. The molecular formula is C27H30N4O6S. The lowest BCUT2D eigenvalue weighted by molar-refractivity contribution is 0.0927. The van der Waals surface area contributed by atoms with E-state index in [2.05, 4.69) is 27.8 Å². The third kappa shape index (κ3) is 8.49. The molecule has 38 heavy (non-hydrogen) atoms. The smallest absolute Gasteiger partial charge is 0.269 e. The fourth-order valence-electron chi connectivity index (χ4n) is 3.45. The number of benzene rings is 2. The van der Waals surface area contributed by atoms with Crippen molar-refractivity contribution >= 4 is 27.7 Å². The number of nitrogens with one attached hydrogen (secondary N) is 3. The molecular weight excluding hydrogens is 508 g/mol. The van der Waals surface area contributed by atoms with Gasteiger partial charge in [0.15, 0.2) is 0 Å². The predicted octanol–water partition coefficient (Wildman–Crippen LogP) is 2.33. The minimum Gasteiger partial charge on any atom is -0.383 e. The van der Waals surface area contributed by atoms with Crippen LogP contribution in [0.15, 0.2) is 77.8 Å². The van der Waals surface area contributed by atoms with E-state index in [4.69, 9.17) is 4.74 Å². The van der Waals surface area contributed by atoms with E-state index in [-0.39, 0.29) is 22.1 Å². The summed E-state index contributed by atoms with van der Waals surface area (Å²) in [5.74, 6) is -1.66. The number of rotatable bonds is 13. The second-order valence-corrected chi connectivity index (χ2v) is 10.0. The van der Waals surface area contributed by atoms with Gasteiger partial charge in [0.05, 0.1) is 17.1 Å². The minimum atomic E-state index is -4.19. The maximum atomic E-state index is 12.7. The second-order valence-electron chi connectivity index (χ2n) is 8.34. The molecule has 0 saturated carbocycles. The fourth-order valence-corrected chi connectivity index (χ4v) is 4.42. The number of aromatic nitrogens is 1. The molecule has 3 aromatic rings. The third-order valence-corrected chi connectivity index (χ3v) is 6.87. The molecule has 10 nitrogen and oxygen atoms in total. The van der Waals surface area contributed by atoms with Crippen LogP contribution in [0.5, 0.6) is 0 Å². The zero-order valence-electron chi connectivity index (χ0n) is 21.0. The van der Waals surface area contributed by atoms with Crippen molar-refractivity contribution in [3.63, 3.8) is 0 Å². The summed E-state index contributed by atoms with van der Waals surface area (Å²) < 4.78 is 32.1. The maximum absolute atomic E-state index is 12.7. The summed E-state index contributed by atoms with van der Waals surface area (Å²) >= 11 is 0. The van der Waals surface area contributed by atoms with Gasteiger partial charge in [-0.3, -0.25) is 19.4 Å². The van der Waals surface area contributed by atoms with E-state index in [1.807, 2.05) is 22.9 Å². The summed E-state index contributed by atoms with van der Waals surface area (Å²) in [7, 11) is -2.69. The summed E-state index contributed by atoms with van der Waals surface area (Å²) in [5.41, 5.74) is 1.59. The Morgan fingerprint density at radius 3 is 2.13 bits per heavy atom. The first-order valence-corrected chi connectivity index (χ1v) is 13.5. The molecule has 0 fully saturated rings. The lowest BCUT2D eigenvalue weighted by atomic mass is 10.1.